The number of halogens is 5. The van der Waals surface area contributed by atoms with Crippen LogP contribution in [0.5, 0.6) is 5.75 Å². The Kier molecular flexibility index (Phi) is 5.29. The van der Waals surface area contributed by atoms with Crippen LogP contribution < -0.4 is 10.1 Å². The highest BCUT2D eigenvalue weighted by Gasteiger charge is 2.87. The zero-order valence-electron chi connectivity index (χ0n) is 17.0. The van der Waals surface area contributed by atoms with Crippen LogP contribution in [0.25, 0.3) is 0 Å². The standard InChI is InChI=1S/C20H18ClF4N3O5/c21-13-2-1-10(5-14(13)22)31-7-16-27-28-17(32-16)18-8-19(18,9-18)26-15(29)6-30-11-3-12(4-11)33-20(23,24)25/h1-2,5,11-12H,3-4,6-9H2,(H,26,29). The minimum absolute atomic E-state index is 0.0138. The van der Waals surface area contributed by atoms with Gasteiger partial charge in [-0.25, -0.2) is 4.39 Å². The van der Waals surface area contributed by atoms with Crippen LogP contribution >= 0.6 is 11.6 Å². The van der Waals surface area contributed by atoms with Crippen molar-refractivity contribution in [3.05, 3.63) is 40.8 Å². The molecule has 0 radical (unpaired) electrons. The van der Waals surface area contributed by atoms with Gasteiger partial charge in [-0.3, -0.25) is 9.53 Å². The van der Waals surface area contributed by atoms with E-state index in [1.165, 1.54) is 12.1 Å². The van der Waals surface area contributed by atoms with Crippen LogP contribution in [-0.4, -0.2) is 46.8 Å². The maximum atomic E-state index is 13.5. The maximum absolute atomic E-state index is 13.5. The molecule has 8 nitrogen and oxygen atoms in total. The van der Waals surface area contributed by atoms with Gasteiger partial charge in [-0.05, 0) is 25.0 Å². The second kappa shape index (κ2) is 7.81. The highest BCUT2D eigenvalue weighted by atomic mass is 35.5. The first-order valence-corrected chi connectivity index (χ1v) is 10.5. The highest BCUT2D eigenvalue weighted by molar-refractivity contribution is 6.30. The summed E-state index contributed by atoms with van der Waals surface area (Å²) in [5.41, 5.74) is -0.874. The molecule has 0 spiro atoms. The lowest BCUT2D eigenvalue weighted by Gasteiger charge is -2.34. The third-order valence-corrected chi connectivity index (χ3v) is 6.49. The van der Waals surface area contributed by atoms with E-state index in [4.69, 9.17) is 25.5 Å². The van der Waals surface area contributed by atoms with Crippen LogP contribution in [0.4, 0.5) is 17.6 Å². The van der Waals surface area contributed by atoms with E-state index in [2.05, 4.69) is 20.3 Å². The Labute approximate surface area is 189 Å². The van der Waals surface area contributed by atoms with Gasteiger partial charge in [0.05, 0.1) is 28.2 Å². The molecule has 1 aromatic carbocycles. The van der Waals surface area contributed by atoms with Crippen molar-refractivity contribution in [3.8, 4) is 5.75 Å². The molecule has 5 rings (SSSR count). The van der Waals surface area contributed by atoms with Crippen LogP contribution in [0.1, 0.15) is 37.5 Å². The van der Waals surface area contributed by atoms with Crippen molar-refractivity contribution in [2.75, 3.05) is 6.61 Å². The van der Waals surface area contributed by atoms with Gasteiger partial charge in [-0.15, -0.1) is 23.4 Å². The summed E-state index contributed by atoms with van der Waals surface area (Å²) in [6.07, 6.45) is -4.55. The molecule has 1 amide bonds. The number of ether oxygens (including phenoxy) is 3. The summed E-state index contributed by atoms with van der Waals surface area (Å²) in [6, 6.07) is 4.04. The monoisotopic (exact) mass is 491 g/mol. The van der Waals surface area contributed by atoms with Gasteiger partial charge in [-0.1, -0.05) is 11.6 Å². The van der Waals surface area contributed by atoms with Gasteiger partial charge in [-0.2, -0.15) is 0 Å². The Balaban J connectivity index is 1.05. The average Bonchev–Trinajstić information content (AvgIpc) is 3.40. The summed E-state index contributed by atoms with van der Waals surface area (Å²) in [4.78, 5) is 12.2. The smallest absolute Gasteiger partial charge is 0.484 e. The van der Waals surface area contributed by atoms with Crippen molar-refractivity contribution in [1.82, 2.24) is 15.5 Å². The second-order valence-corrected chi connectivity index (χ2v) is 8.93. The van der Waals surface area contributed by atoms with Gasteiger partial charge in [0.25, 0.3) is 5.89 Å². The van der Waals surface area contributed by atoms with E-state index in [9.17, 15) is 22.4 Å². The quantitative estimate of drug-likeness (QED) is 0.537. The van der Waals surface area contributed by atoms with Gasteiger partial charge in [0.1, 0.15) is 18.2 Å². The lowest BCUT2D eigenvalue weighted by atomic mass is 9.92. The second-order valence-electron chi connectivity index (χ2n) is 8.52. The number of aromatic nitrogens is 2. The minimum Gasteiger partial charge on any atom is -0.484 e. The summed E-state index contributed by atoms with van der Waals surface area (Å²) in [6.45, 7) is -0.306. The van der Waals surface area contributed by atoms with Gasteiger partial charge in [0, 0.05) is 18.9 Å². The lowest BCUT2D eigenvalue weighted by molar-refractivity contribution is -0.357. The number of hydrogen-bond donors (Lipinski definition) is 1. The highest BCUT2D eigenvalue weighted by Crippen LogP contribution is 2.78. The van der Waals surface area contributed by atoms with Crippen molar-refractivity contribution in [2.24, 2.45) is 0 Å². The molecule has 13 heteroatoms. The summed E-state index contributed by atoms with van der Waals surface area (Å²) < 4.78 is 70.2. The van der Waals surface area contributed by atoms with E-state index in [-0.39, 0.29) is 48.6 Å². The van der Waals surface area contributed by atoms with Gasteiger partial charge >= 0.3 is 6.36 Å². The molecule has 0 unspecified atom stereocenters. The summed E-state index contributed by atoms with van der Waals surface area (Å²) in [5, 5.41) is 10.8. The number of hydrogen-bond acceptors (Lipinski definition) is 7. The number of amides is 1. The summed E-state index contributed by atoms with van der Waals surface area (Å²) in [7, 11) is 0. The molecule has 1 aromatic heterocycles. The molecule has 3 saturated carbocycles. The average molecular weight is 492 g/mol. The number of carbonyl (C=O) groups is 1. The Morgan fingerprint density at radius 2 is 2.00 bits per heavy atom. The van der Waals surface area contributed by atoms with E-state index >= 15 is 0 Å². The van der Waals surface area contributed by atoms with E-state index in [1.54, 1.807) is 0 Å². The van der Waals surface area contributed by atoms with E-state index in [1.807, 2.05) is 0 Å². The van der Waals surface area contributed by atoms with Gasteiger partial charge < -0.3 is 19.2 Å². The number of rotatable bonds is 9. The van der Waals surface area contributed by atoms with Gasteiger partial charge in [0.15, 0.2) is 6.61 Å². The zero-order valence-corrected chi connectivity index (χ0v) is 17.7. The molecule has 1 N–H and O–H groups in total. The summed E-state index contributed by atoms with van der Waals surface area (Å²) in [5.74, 6) is -0.112. The number of benzene rings is 1. The maximum Gasteiger partial charge on any atom is 0.522 e. The van der Waals surface area contributed by atoms with Gasteiger partial charge in [0.2, 0.25) is 11.8 Å². The van der Waals surface area contributed by atoms with Crippen LogP contribution in [0.3, 0.4) is 0 Å². The molecule has 33 heavy (non-hydrogen) atoms. The van der Waals surface area contributed by atoms with Crippen molar-refractivity contribution >= 4 is 17.5 Å². The molecule has 3 aliphatic carbocycles. The zero-order chi connectivity index (χ0) is 23.4. The molecule has 178 valence electrons. The SMILES string of the molecule is O=C(COC1CC(OC(F)(F)F)C1)NC12CC1(c1nnc(COc3ccc(Cl)c(F)c3)o1)C2. The Morgan fingerprint density at radius 1 is 1.24 bits per heavy atom. The predicted octanol–water partition coefficient (Wildman–Crippen LogP) is 3.43. The Morgan fingerprint density at radius 3 is 2.70 bits per heavy atom. The van der Waals surface area contributed by atoms with Crippen molar-refractivity contribution in [1.29, 1.82) is 0 Å². The first-order chi connectivity index (χ1) is 15.6. The normalized spacial score (nSPS) is 29.7. The fourth-order valence-electron chi connectivity index (χ4n) is 4.11. The lowest BCUT2D eigenvalue weighted by Crippen LogP contribution is -2.43. The molecule has 0 saturated heterocycles. The Bertz CT molecular complexity index is 1070. The first kappa shape index (κ1) is 22.4. The number of carbonyl (C=O) groups excluding carboxylic acids is 1. The molecule has 2 aromatic rings. The molecular weight excluding hydrogens is 474 g/mol. The van der Waals surface area contributed by atoms with Crippen LogP contribution in [0.2, 0.25) is 5.02 Å². The molecule has 0 atom stereocenters. The van der Waals surface area contributed by atoms with Crippen molar-refractivity contribution < 1.29 is 41.0 Å². The Hall–Kier alpha value is -2.44. The molecule has 0 bridgehead atoms. The third-order valence-electron chi connectivity index (χ3n) is 6.18. The largest absolute Gasteiger partial charge is 0.522 e. The number of nitrogens with zero attached hydrogens (tertiary/aromatic N) is 2. The molecule has 3 fully saturated rings. The minimum atomic E-state index is -4.66. The number of alkyl halides is 3. The van der Waals surface area contributed by atoms with Crippen LogP contribution in [0, 0.1) is 5.82 Å². The number of nitrogens with one attached hydrogen (secondary N) is 1. The van der Waals surface area contributed by atoms with Crippen LogP contribution in [0.15, 0.2) is 22.6 Å². The molecule has 1 heterocycles. The van der Waals surface area contributed by atoms with Crippen molar-refractivity contribution in [2.45, 2.75) is 61.8 Å². The van der Waals surface area contributed by atoms with Crippen molar-refractivity contribution in [3.63, 3.8) is 0 Å². The molecular formula is C20H18ClF4N3O5. The van der Waals surface area contributed by atoms with E-state index in [0.717, 1.165) is 6.07 Å². The van der Waals surface area contributed by atoms with E-state index in [0.29, 0.717) is 18.7 Å². The molecule has 0 aliphatic heterocycles. The molecule has 3 aliphatic rings. The summed E-state index contributed by atoms with van der Waals surface area (Å²) >= 11 is 5.63. The predicted molar refractivity (Wildman–Crippen MR) is 102 cm³/mol. The number of fused-ring (bicyclic) bond motifs is 1. The van der Waals surface area contributed by atoms with Crippen LogP contribution in [-0.2, 0) is 26.3 Å². The van der Waals surface area contributed by atoms with E-state index < -0.39 is 35.3 Å². The first-order valence-electron chi connectivity index (χ1n) is 10.2. The fraction of sp³-hybridized carbons (Fsp3) is 0.550. The fourth-order valence-corrected chi connectivity index (χ4v) is 4.22. The third kappa shape index (κ3) is 4.51. The topological polar surface area (TPSA) is 95.7 Å².